The Labute approximate surface area is 221 Å². The topological polar surface area (TPSA) is 70.7 Å². The van der Waals surface area contributed by atoms with Crippen molar-refractivity contribution in [3.05, 3.63) is 80.3 Å². The van der Waals surface area contributed by atoms with E-state index in [9.17, 15) is 9.59 Å². The Kier molecular flexibility index (Phi) is 7.76. The number of halogens is 2. The predicted octanol–water partition coefficient (Wildman–Crippen LogP) is 7.31. The lowest BCUT2D eigenvalue weighted by Crippen LogP contribution is -2.34. The molecule has 2 N–H and O–H groups in total. The van der Waals surface area contributed by atoms with Gasteiger partial charge in [0.25, 0.3) is 5.91 Å². The fourth-order valence-electron chi connectivity index (χ4n) is 4.52. The number of anilines is 2. The molecule has 4 rings (SSSR count). The van der Waals surface area contributed by atoms with Crippen molar-refractivity contribution in [3.8, 4) is 11.5 Å². The van der Waals surface area contributed by atoms with Gasteiger partial charge in [0.05, 0.1) is 15.6 Å². The molecule has 3 aromatic carbocycles. The fourth-order valence-corrected chi connectivity index (χ4v) is 5.03. The minimum absolute atomic E-state index is 0.215. The number of urea groups is 1. The van der Waals surface area contributed by atoms with Gasteiger partial charge in [-0.25, -0.2) is 4.79 Å². The molecule has 0 radical (unpaired) electrons. The van der Waals surface area contributed by atoms with E-state index < -0.39 is 11.9 Å². The molecule has 0 aromatic heterocycles. The summed E-state index contributed by atoms with van der Waals surface area (Å²) >= 11 is 12.8. The first kappa shape index (κ1) is 25.9. The van der Waals surface area contributed by atoms with Gasteiger partial charge >= 0.3 is 6.03 Å². The highest BCUT2D eigenvalue weighted by atomic mass is 35.5. The van der Waals surface area contributed by atoms with Crippen molar-refractivity contribution in [1.29, 1.82) is 0 Å². The van der Waals surface area contributed by atoms with Crippen molar-refractivity contribution in [3.63, 3.8) is 0 Å². The minimum atomic E-state index is -0.680. The van der Waals surface area contributed by atoms with Crippen LogP contribution in [0.1, 0.15) is 45.5 Å². The van der Waals surface area contributed by atoms with Gasteiger partial charge in [-0.3, -0.25) is 10.1 Å². The molecule has 6 nitrogen and oxygen atoms in total. The molecule has 0 heterocycles. The van der Waals surface area contributed by atoms with Crippen LogP contribution in [0.5, 0.6) is 11.5 Å². The van der Waals surface area contributed by atoms with E-state index in [2.05, 4.69) is 35.7 Å². The second-order valence-electron chi connectivity index (χ2n) is 9.14. The molecular formula is C28H29Cl2N3O3. The summed E-state index contributed by atoms with van der Waals surface area (Å²) in [6.45, 7) is 3.67. The Hall–Kier alpha value is -3.22. The lowest BCUT2D eigenvalue weighted by Gasteiger charge is -2.26. The summed E-state index contributed by atoms with van der Waals surface area (Å²) in [5, 5.41) is 5.69. The number of benzene rings is 3. The first-order valence-corrected chi connectivity index (χ1v) is 12.6. The van der Waals surface area contributed by atoms with Crippen molar-refractivity contribution in [2.24, 2.45) is 0 Å². The average molecular weight is 526 g/mol. The van der Waals surface area contributed by atoms with Crippen molar-refractivity contribution < 1.29 is 14.3 Å². The van der Waals surface area contributed by atoms with E-state index in [1.807, 2.05) is 13.0 Å². The number of hydrogen-bond acceptors (Lipinski definition) is 4. The number of ether oxygens (including phenoxy) is 1. The van der Waals surface area contributed by atoms with Crippen molar-refractivity contribution >= 4 is 46.5 Å². The second-order valence-corrected chi connectivity index (χ2v) is 9.93. The highest BCUT2D eigenvalue weighted by Crippen LogP contribution is 2.43. The third-order valence-corrected chi connectivity index (χ3v) is 7.19. The van der Waals surface area contributed by atoms with E-state index in [4.69, 9.17) is 27.9 Å². The Morgan fingerprint density at radius 2 is 1.67 bits per heavy atom. The van der Waals surface area contributed by atoms with E-state index >= 15 is 0 Å². The lowest BCUT2D eigenvalue weighted by atomic mass is 9.89. The van der Waals surface area contributed by atoms with Crippen molar-refractivity contribution in [2.45, 2.75) is 39.5 Å². The van der Waals surface area contributed by atoms with Gasteiger partial charge in [0.1, 0.15) is 11.5 Å². The number of nitrogens with zero attached hydrogens (tertiary/aromatic N) is 1. The van der Waals surface area contributed by atoms with Crippen LogP contribution in [0.15, 0.2) is 42.5 Å². The number of rotatable bonds is 5. The third-order valence-electron chi connectivity index (χ3n) is 6.41. The van der Waals surface area contributed by atoms with E-state index in [-0.39, 0.29) is 10.6 Å². The van der Waals surface area contributed by atoms with Gasteiger partial charge < -0.3 is 15.0 Å². The Bertz CT molecular complexity index is 1340. The molecule has 36 heavy (non-hydrogen) atoms. The van der Waals surface area contributed by atoms with E-state index in [0.717, 1.165) is 37.0 Å². The zero-order chi connectivity index (χ0) is 26.0. The molecule has 0 unspecified atom stereocenters. The molecule has 0 atom stereocenters. The minimum Gasteiger partial charge on any atom is -0.455 e. The van der Waals surface area contributed by atoms with Crippen LogP contribution in [0.2, 0.25) is 10.0 Å². The summed E-state index contributed by atoms with van der Waals surface area (Å²) < 4.78 is 6.40. The molecule has 1 aliphatic rings. The number of carbonyl (C=O) groups is 2. The van der Waals surface area contributed by atoms with Crippen LogP contribution in [0, 0.1) is 13.8 Å². The maximum atomic E-state index is 12.5. The molecule has 3 aromatic rings. The van der Waals surface area contributed by atoms with Gasteiger partial charge in [-0.15, -0.1) is 0 Å². The van der Waals surface area contributed by atoms with Gasteiger partial charge in [-0.2, -0.15) is 0 Å². The Morgan fingerprint density at radius 1 is 0.972 bits per heavy atom. The molecule has 0 fully saturated rings. The van der Waals surface area contributed by atoms with Crippen LogP contribution >= 0.6 is 23.2 Å². The number of fused-ring (bicyclic) bond motifs is 1. The summed E-state index contributed by atoms with van der Waals surface area (Å²) in [4.78, 5) is 27.1. The summed E-state index contributed by atoms with van der Waals surface area (Å²) in [5.41, 5.74) is 5.86. The summed E-state index contributed by atoms with van der Waals surface area (Å²) in [5.74, 6) is 0.769. The van der Waals surface area contributed by atoms with Crippen molar-refractivity contribution in [2.75, 3.05) is 24.3 Å². The smallest absolute Gasteiger partial charge is 0.326 e. The quantitative estimate of drug-likeness (QED) is 0.366. The summed E-state index contributed by atoms with van der Waals surface area (Å²) in [6.07, 6.45) is 4.27. The fraction of sp³-hybridized carbons (Fsp3) is 0.286. The van der Waals surface area contributed by atoms with Crippen LogP contribution in [0.3, 0.4) is 0 Å². The molecule has 0 saturated carbocycles. The van der Waals surface area contributed by atoms with Crippen LogP contribution in [0.4, 0.5) is 16.2 Å². The van der Waals surface area contributed by atoms with E-state index in [1.54, 1.807) is 37.3 Å². The van der Waals surface area contributed by atoms with Crippen LogP contribution in [-0.2, 0) is 12.8 Å². The normalized spacial score (nSPS) is 12.5. The zero-order valence-corrected chi connectivity index (χ0v) is 22.3. The maximum absolute atomic E-state index is 12.5. The average Bonchev–Trinajstić information content (AvgIpc) is 2.85. The predicted molar refractivity (Wildman–Crippen MR) is 146 cm³/mol. The van der Waals surface area contributed by atoms with Gasteiger partial charge in [-0.1, -0.05) is 35.3 Å². The number of carbonyl (C=O) groups excluding carboxylic acids is 2. The first-order chi connectivity index (χ1) is 17.2. The van der Waals surface area contributed by atoms with Gasteiger partial charge in [0.2, 0.25) is 0 Å². The molecule has 8 heteroatoms. The number of nitrogens with one attached hydrogen (secondary N) is 2. The van der Waals surface area contributed by atoms with Gasteiger partial charge in [0, 0.05) is 31.0 Å². The van der Waals surface area contributed by atoms with Gasteiger partial charge in [-0.05, 0) is 86.6 Å². The largest absolute Gasteiger partial charge is 0.455 e. The molecule has 188 valence electrons. The molecule has 0 bridgehead atoms. The Balaban J connectivity index is 1.56. The maximum Gasteiger partial charge on any atom is 0.326 e. The molecule has 3 amide bonds. The monoisotopic (exact) mass is 525 g/mol. The standard InChI is InChI=1S/C28H29Cl2N3O3/c1-16-15-22(31-28(35)32-27(34)20-11-7-8-12-21(20)29)17(2)25(30)26(16)36-24-14-13-23(33(3)4)18-9-5-6-10-19(18)24/h7-8,11-15H,5-6,9-10H2,1-4H3,(H2,31,32,34,35). The van der Waals surface area contributed by atoms with E-state index in [0.29, 0.717) is 22.0 Å². The van der Waals surface area contributed by atoms with Gasteiger partial charge in [0.15, 0.2) is 0 Å². The highest BCUT2D eigenvalue weighted by molar-refractivity contribution is 6.34. The number of amides is 3. The summed E-state index contributed by atoms with van der Waals surface area (Å²) in [7, 11) is 4.11. The SMILES string of the molecule is Cc1cc(NC(=O)NC(=O)c2ccccc2Cl)c(C)c(Cl)c1Oc1ccc(N(C)C)c2c1CCCC2. The Morgan fingerprint density at radius 3 is 2.36 bits per heavy atom. The van der Waals surface area contributed by atoms with Crippen LogP contribution in [0.25, 0.3) is 0 Å². The van der Waals surface area contributed by atoms with Crippen LogP contribution < -0.4 is 20.3 Å². The molecule has 0 aliphatic heterocycles. The molecule has 0 saturated heterocycles. The summed E-state index contributed by atoms with van der Waals surface area (Å²) in [6, 6.07) is 11.7. The number of hydrogen-bond donors (Lipinski definition) is 2. The molecule has 1 aliphatic carbocycles. The number of aryl methyl sites for hydroxylation is 1. The molecule has 0 spiro atoms. The lowest BCUT2D eigenvalue weighted by molar-refractivity contribution is 0.0967. The number of imide groups is 1. The van der Waals surface area contributed by atoms with Crippen molar-refractivity contribution in [1.82, 2.24) is 5.32 Å². The zero-order valence-electron chi connectivity index (χ0n) is 20.8. The first-order valence-electron chi connectivity index (χ1n) is 11.8. The van der Waals surface area contributed by atoms with Crippen LogP contribution in [-0.4, -0.2) is 26.0 Å². The second kappa shape index (κ2) is 10.8. The van der Waals surface area contributed by atoms with E-state index in [1.165, 1.54) is 16.8 Å². The third kappa shape index (κ3) is 5.30. The molecular weight excluding hydrogens is 497 g/mol. The highest BCUT2D eigenvalue weighted by Gasteiger charge is 2.22.